The smallest absolute Gasteiger partial charge is 0.137 e. The van der Waals surface area contributed by atoms with Crippen molar-refractivity contribution < 1.29 is 4.52 Å². The predicted octanol–water partition coefficient (Wildman–Crippen LogP) is 3.36. The number of nitrogens with zero attached hydrogens (tertiary/aromatic N) is 3. The average molecular weight is 271 g/mol. The van der Waals surface area contributed by atoms with Crippen LogP contribution in [0, 0.1) is 0 Å². The Balaban J connectivity index is 1.71. The summed E-state index contributed by atoms with van der Waals surface area (Å²) in [5, 5.41) is 4.28. The van der Waals surface area contributed by atoms with E-state index in [9.17, 15) is 0 Å². The van der Waals surface area contributed by atoms with Crippen molar-refractivity contribution in [2.75, 3.05) is 6.54 Å². The summed E-state index contributed by atoms with van der Waals surface area (Å²) in [4.78, 5) is 6.67. The summed E-state index contributed by atoms with van der Waals surface area (Å²) in [6.07, 6.45) is 8.22. The summed E-state index contributed by atoms with van der Waals surface area (Å²) in [7, 11) is 0. The number of hydrogen-bond donors (Lipinski definition) is 0. The Morgan fingerprint density at radius 1 is 1.45 bits per heavy atom. The molecule has 0 radical (unpaired) electrons. The van der Waals surface area contributed by atoms with Gasteiger partial charge in [-0.1, -0.05) is 18.1 Å². The first-order valence-electron chi connectivity index (χ1n) is 7.45. The summed E-state index contributed by atoms with van der Waals surface area (Å²) in [6.45, 7) is 4.22. The predicted molar refractivity (Wildman–Crippen MR) is 77.1 cm³/mol. The Morgan fingerprint density at radius 2 is 2.40 bits per heavy atom. The Kier molecular flexibility index (Phi) is 4.11. The van der Waals surface area contributed by atoms with Gasteiger partial charge in [-0.3, -0.25) is 9.88 Å². The molecule has 0 aliphatic carbocycles. The molecule has 4 nitrogen and oxygen atoms in total. The Bertz CT molecular complexity index is 538. The highest BCUT2D eigenvalue weighted by Crippen LogP contribution is 2.32. The molecule has 1 aliphatic heterocycles. The lowest BCUT2D eigenvalue weighted by Gasteiger charge is -2.22. The lowest BCUT2D eigenvalue weighted by molar-refractivity contribution is 0.236. The fourth-order valence-corrected chi connectivity index (χ4v) is 2.93. The molecule has 0 bridgehead atoms. The molecule has 106 valence electrons. The molecule has 3 heterocycles. The van der Waals surface area contributed by atoms with Crippen molar-refractivity contribution in [3.05, 3.63) is 47.6 Å². The minimum atomic E-state index is 0.393. The lowest BCUT2D eigenvalue weighted by atomic mass is 10.1. The van der Waals surface area contributed by atoms with Crippen molar-refractivity contribution in [3.8, 4) is 0 Å². The fourth-order valence-electron chi connectivity index (χ4n) is 2.93. The molecule has 3 rings (SSSR count). The van der Waals surface area contributed by atoms with Crippen molar-refractivity contribution in [3.63, 3.8) is 0 Å². The van der Waals surface area contributed by atoms with Gasteiger partial charge in [-0.15, -0.1) is 0 Å². The van der Waals surface area contributed by atoms with Crippen LogP contribution in [0.5, 0.6) is 0 Å². The number of likely N-dealkylation sites (tertiary alicyclic amines) is 1. The second-order valence-electron chi connectivity index (χ2n) is 5.46. The number of pyridine rings is 1. The molecule has 1 saturated heterocycles. The van der Waals surface area contributed by atoms with Crippen LogP contribution in [0.15, 0.2) is 35.1 Å². The quantitative estimate of drug-likeness (QED) is 0.836. The molecule has 0 N–H and O–H groups in total. The van der Waals surface area contributed by atoms with Gasteiger partial charge in [0.1, 0.15) is 11.5 Å². The largest absolute Gasteiger partial charge is 0.361 e. The van der Waals surface area contributed by atoms with Crippen LogP contribution in [0.2, 0.25) is 0 Å². The third kappa shape index (κ3) is 2.90. The molecular formula is C16H21N3O. The number of hydrogen-bond acceptors (Lipinski definition) is 4. The van der Waals surface area contributed by atoms with Crippen LogP contribution in [0.25, 0.3) is 0 Å². The normalized spacial score (nSPS) is 19.6. The molecule has 0 amide bonds. The van der Waals surface area contributed by atoms with Crippen molar-refractivity contribution in [2.45, 2.75) is 45.2 Å². The Hall–Kier alpha value is -1.68. The van der Waals surface area contributed by atoms with Gasteiger partial charge in [0, 0.05) is 31.4 Å². The van der Waals surface area contributed by atoms with Gasteiger partial charge in [-0.25, -0.2) is 0 Å². The van der Waals surface area contributed by atoms with Crippen LogP contribution in [0.4, 0.5) is 0 Å². The van der Waals surface area contributed by atoms with Gasteiger partial charge in [-0.05, 0) is 37.4 Å². The standard InChI is InChI=1S/C16H21N3O/c1-2-5-14-10-15(18-20-14)16-7-4-9-19(16)12-13-6-3-8-17-11-13/h3,6,8,10-11,16H,2,4-5,7,9,12H2,1H3/t16-/m0/s1. The van der Waals surface area contributed by atoms with E-state index in [0.717, 1.165) is 37.4 Å². The highest BCUT2D eigenvalue weighted by atomic mass is 16.5. The van der Waals surface area contributed by atoms with E-state index >= 15 is 0 Å². The molecule has 20 heavy (non-hydrogen) atoms. The maximum absolute atomic E-state index is 5.43. The van der Waals surface area contributed by atoms with Crippen LogP contribution in [0.1, 0.15) is 49.2 Å². The number of rotatable bonds is 5. The van der Waals surface area contributed by atoms with E-state index in [2.05, 4.69) is 34.1 Å². The molecule has 0 unspecified atom stereocenters. The van der Waals surface area contributed by atoms with Crippen LogP contribution in [0.3, 0.4) is 0 Å². The molecule has 0 saturated carbocycles. The molecule has 0 aromatic carbocycles. The molecule has 1 fully saturated rings. The summed E-state index contributed by atoms with van der Waals surface area (Å²) in [5.41, 5.74) is 2.35. The summed E-state index contributed by atoms with van der Waals surface area (Å²) in [6, 6.07) is 6.66. The average Bonchev–Trinajstić information content (AvgIpc) is 3.09. The van der Waals surface area contributed by atoms with E-state index < -0.39 is 0 Å². The maximum Gasteiger partial charge on any atom is 0.137 e. The van der Waals surface area contributed by atoms with Crippen LogP contribution >= 0.6 is 0 Å². The fraction of sp³-hybridized carbons (Fsp3) is 0.500. The third-order valence-electron chi connectivity index (χ3n) is 3.89. The second kappa shape index (κ2) is 6.18. The van der Waals surface area contributed by atoms with Gasteiger partial charge < -0.3 is 4.52 Å². The summed E-state index contributed by atoms with van der Waals surface area (Å²) < 4.78 is 5.43. The third-order valence-corrected chi connectivity index (χ3v) is 3.89. The van der Waals surface area contributed by atoms with E-state index in [1.165, 1.54) is 18.4 Å². The minimum Gasteiger partial charge on any atom is -0.361 e. The lowest BCUT2D eigenvalue weighted by Crippen LogP contribution is -2.23. The van der Waals surface area contributed by atoms with Crippen molar-refractivity contribution in [1.29, 1.82) is 0 Å². The first-order chi connectivity index (χ1) is 9.86. The minimum absolute atomic E-state index is 0.393. The maximum atomic E-state index is 5.43. The van der Waals surface area contributed by atoms with E-state index in [1.807, 2.05) is 18.5 Å². The van der Waals surface area contributed by atoms with Crippen molar-refractivity contribution in [2.24, 2.45) is 0 Å². The topological polar surface area (TPSA) is 42.2 Å². The van der Waals surface area contributed by atoms with Crippen molar-refractivity contribution >= 4 is 0 Å². The zero-order valence-electron chi connectivity index (χ0n) is 12.0. The van der Waals surface area contributed by atoms with Gasteiger partial charge in [0.05, 0.1) is 6.04 Å². The van der Waals surface area contributed by atoms with Crippen LogP contribution in [-0.2, 0) is 13.0 Å². The molecule has 1 atom stereocenters. The first kappa shape index (κ1) is 13.3. The van der Waals surface area contributed by atoms with Gasteiger partial charge in [0.25, 0.3) is 0 Å². The number of aryl methyl sites for hydroxylation is 1. The highest BCUT2D eigenvalue weighted by molar-refractivity contribution is 5.14. The van der Waals surface area contributed by atoms with E-state index in [0.29, 0.717) is 6.04 Å². The summed E-state index contributed by atoms with van der Waals surface area (Å²) >= 11 is 0. The van der Waals surface area contributed by atoms with Gasteiger partial charge in [0.2, 0.25) is 0 Å². The van der Waals surface area contributed by atoms with Gasteiger partial charge >= 0.3 is 0 Å². The van der Waals surface area contributed by atoms with E-state index in [-0.39, 0.29) is 0 Å². The van der Waals surface area contributed by atoms with Crippen LogP contribution < -0.4 is 0 Å². The number of aromatic nitrogens is 2. The molecule has 1 aliphatic rings. The summed E-state index contributed by atoms with van der Waals surface area (Å²) in [5.74, 6) is 1.01. The zero-order valence-corrected chi connectivity index (χ0v) is 12.0. The molecule has 2 aromatic rings. The Labute approximate surface area is 119 Å². The van der Waals surface area contributed by atoms with Crippen molar-refractivity contribution in [1.82, 2.24) is 15.0 Å². The monoisotopic (exact) mass is 271 g/mol. The first-order valence-corrected chi connectivity index (χ1v) is 7.45. The van der Waals surface area contributed by atoms with E-state index in [1.54, 1.807) is 0 Å². The molecule has 0 spiro atoms. The second-order valence-corrected chi connectivity index (χ2v) is 5.46. The zero-order chi connectivity index (χ0) is 13.8. The van der Waals surface area contributed by atoms with Crippen LogP contribution in [-0.4, -0.2) is 21.6 Å². The SMILES string of the molecule is CCCc1cc([C@@H]2CCCN2Cc2cccnc2)no1. The highest BCUT2D eigenvalue weighted by Gasteiger charge is 2.28. The molecule has 2 aromatic heterocycles. The molecule has 4 heteroatoms. The Morgan fingerprint density at radius 3 is 3.20 bits per heavy atom. The van der Waals surface area contributed by atoms with Gasteiger partial charge in [0.15, 0.2) is 0 Å². The van der Waals surface area contributed by atoms with Gasteiger partial charge in [-0.2, -0.15) is 0 Å². The molecular weight excluding hydrogens is 250 g/mol. The van der Waals surface area contributed by atoms with E-state index in [4.69, 9.17) is 4.52 Å².